The molecule has 2 aromatic rings. The quantitative estimate of drug-likeness (QED) is 0.486. The number of ether oxygens (including phenoxy) is 1. The van der Waals surface area contributed by atoms with Gasteiger partial charge in [0.2, 0.25) is 0 Å². The summed E-state index contributed by atoms with van der Waals surface area (Å²) in [4.78, 5) is 24.6. The minimum Gasteiger partial charge on any atom is -0.452 e. The third kappa shape index (κ3) is 5.33. The normalized spacial score (nSPS) is 16.7. The number of carbonyl (C=O) groups excluding carboxylic acids is 2. The molecular weight excluding hydrogens is 464 g/mol. The molecule has 1 saturated carbocycles. The highest BCUT2D eigenvalue weighted by molar-refractivity contribution is 7.93. The summed E-state index contributed by atoms with van der Waals surface area (Å²) in [5.41, 5.74) is 1.57. The van der Waals surface area contributed by atoms with Crippen LogP contribution in [0.4, 0.5) is 5.69 Å². The first kappa shape index (κ1) is 23.6. The van der Waals surface area contributed by atoms with Crippen molar-refractivity contribution < 1.29 is 22.7 Å². The first-order chi connectivity index (χ1) is 15.9. The summed E-state index contributed by atoms with van der Waals surface area (Å²) in [7, 11) is -3.98. The van der Waals surface area contributed by atoms with Crippen molar-refractivity contribution in [2.24, 2.45) is 0 Å². The van der Waals surface area contributed by atoms with Gasteiger partial charge in [0.1, 0.15) is 4.90 Å². The van der Waals surface area contributed by atoms with Gasteiger partial charge in [0.25, 0.3) is 15.9 Å². The molecule has 2 aromatic carbocycles. The monoisotopic (exact) mass is 490 g/mol. The van der Waals surface area contributed by atoms with Gasteiger partial charge < -0.3 is 10.1 Å². The Morgan fingerprint density at radius 2 is 1.79 bits per heavy atom. The second-order valence-electron chi connectivity index (χ2n) is 8.43. The van der Waals surface area contributed by atoms with Crippen LogP contribution in [0.1, 0.15) is 54.4 Å². The van der Waals surface area contributed by atoms with Gasteiger partial charge >= 0.3 is 5.97 Å². The Morgan fingerprint density at radius 1 is 1.06 bits per heavy atom. The van der Waals surface area contributed by atoms with Gasteiger partial charge in [0.05, 0.1) is 16.3 Å². The fourth-order valence-electron chi connectivity index (χ4n) is 4.41. The summed E-state index contributed by atoms with van der Waals surface area (Å²) >= 11 is 6.22. The maximum absolute atomic E-state index is 13.3. The Labute approximate surface area is 199 Å². The molecule has 176 valence electrons. The number of fused-ring (bicyclic) bond motifs is 1. The number of halogens is 1. The van der Waals surface area contributed by atoms with E-state index < -0.39 is 22.6 Å². The van der Waals surface area contributed by atoms with Crippen LogP contribution in [-0.2, 0) is 26.0 Å². The predicted molar refractivity (Wildman–Crippen MR) is 126 cm³/mol. The second kappa shape index (κ2) is 10.1. The van der Waals surface area contributed by atoms with Crippen LogP contribution >= 0.6 is 11.6 Å². The lowest BCUT2D eigenvalue weighted by molar-refractivity contribution is -0.125. The molecule has 1 aliphatic carbocycles. The highest BCUT2D eigenvalue weighted by atomic mass is 35.5. The fraction of sp³-hybridized carbons (Fsp3) is 0.417. The van der Waals surface area contributed by atoms with Crippen LogP contribution in [-0.4, -0.2) is 39.5 Å². The number of carbonyl (C=O) groups is 2. The standard InChI is InChI=1S/C24H27ClN2O5S/c25-20-12-11-18(24(29)32-16-23(28)26-19-8-3-1-2-4-9-19)15-22(20)33(30,31)27-14-13-17-7-5-6-10-21(17)27/h5-7,10-12,15,19H,1-4,8-9,13-14,16H2,(H,26,28). The van der Waals surface area contributed by atoms with Crippen LogP contribution in [0, 0.1) is 0 Å². The van der Waals surface area contributed by atoms with E-state index in [4.69, 9.17) is 16.3 Å². The lowest BCUT2D eigenvalue weighted by Crippen LogP contribution is -2.37. The molecule has 0 bridgehead atoms. The second-order valence-corrected chi connectivity index (χ2v) is 10.7. The predicted octanol–water partition coefficient (Wildman–Crippen LogP) is 4.09. The van der Waals surface area contributed by atoms with E-state index in [-0.39, 0.29) is 27.4 Å². The number of hydrogen-bond donors (Lipinski definition) is 1. The Kier molecular flexibility index (Phi) is 7.24. The Morgan fingerprint density at radius 3 is 2.55 bits per heavy atom. The Bertz CT molecular complexity index is 1140. The van der Waals surface area contributed by atoms with Gasteiger partial charge in [-0.25, -0.2) is 13.2 Å². The topological polar surface area (TPSA) is 92.8 Å². The molecule has 4 rings (SSSR count). The van der Waals surface area contributed by atoms with Gasteiger partial charge in [-0.1, -0.05) is 55.5 Å². The minimum absolute atomic E-state index is 0.0158. The molecule has 1 fully saturated rings. The number of benzene rings is 2. The summed E-state index contributed by atoms with van der Waals surface area (Å²) in [5.74, 6) is -1.13. The van der Waals surface area contributed by atoms with Crippen LogP contribution in [0.5, 0.6) is 0 Å². The number of sulfonamides is 1. The van der Waals surface area contributed by atoms with E-state index in [1.807, 2.05) is 12.1 Å². The molecule has 1 N–H and O–H groups in total. The van der Waals surface area contributed by atoms with E-state index in [1.54, 1.807) is 12.1 Å². The molecule has 0 spiro atoms. The van der Waals surface area contributed by atoms with Crippen molar-refractivity contribution in [1.29, 1.82) is 0 Å². The molecule has 33 heavy (non-hydrogen) atoms. The molecule has 7 nitrogen and oxygen atoms in total. The van der Waals surface area contributed by atoms with E-state index in [0.717, 1.165) is 31.2 Å². The SMILES string of the molecule is O=C(COC(=O)c1ccc(Cl)c(S(=O)(=O)N2CCc3ccccc32)c1)NC1CCCCCC1. The van der Waals surface area contributed by atoms with Crippen LogP contribution in [0.15, 0.2) is 47.4 Å². The van der Waals surface area contributed by atoms with Crippen LogP contribution in [0.25, 0.3) is 0 Å². The van der Waals surface area contributed by atoms with Crippen molar-refractivity contribution in [2.45, 2.75) is 55.9 Å². The zero-order valence-corrected chi connectivity index (χ0v) is 19.8. The summed E-state index contributed by atoms with van der Waals surface area (Å²) in [5, 5.41) is 2.93. The average molecular weight is 491 g/mol. The zero-order valence-electron chi connectivity index (χ0n) is 18.3. The van der Waals surface area contributed by atoms with E-state index >= 15 is 0 Å². The molecule has 1 aliphatic heterocycles. The fourth-order valence-corrected chi connectivity index (χ4v) is 6.42. The van der Waals surface area contributed by atoms with Gasteiger partial charge in [0, 0.05) is 12.6 Å². The largest absolute Gasteiger partial charge is 0.452 e. The summed E-state index contributed by atoms with van der Waals surface area (Å²) < 4.78 is 33.1. The highest BCUT2D eigenvalue weighted by Gasteiger charge is 2.32. The van der Waals surface area contributed by atoms with Crippen molar-refractivity contribution in [3.8, 4) is 0 Å². The summed E-state index contributed by atoms with van der Waals surface area (Å²) in [6, 6.07) is 11.4. The number of para-hydroxylation sites is 1. The lowest BCUT2D eigenvalue weighted by Gasteiger charge is -2.20. The lowest BCUT2D eigenvalue weighted by atomic mass is 10.1. The molecule has 0 unspecified atom stereocenters. The van der Waals surface area contributed by atoms with E-state index in [9.17, 15) is 18.0 Å². The number of nitrogens with one attached hydrogen (secondary N) is 1. The molecule has 9 heteroatoms. The smallest absolute Gasteiger partial charge is 0.338 e. The highest BCUT2D eigenvalue weighted by Crippen LogP contribution is 2.35. The summed E-state index contributed by atoms with van der Waals surface area (Å²) in [6.07, 6.45) is 6.96. The zero-order chi connectivity index (χ0) is 23.4. The molecular formula is C24H27ClN2O5S. The minimum atomic E-state index is -3.98. The number of rotatable bonds is 6. The van der Waals surface area contributed by atoms with Gasteiger partial charge in [-0.15, -0.1) is 0 Å². The van der Waals surface area contributed by atoms with Crippen molar-refractivity contribution in [2.75, 3.05) is 17.5 Å². The van der Waals surface area contributed by atoms with Gasteiger partial charge in [-0.2, -0.15) is 0 Å². The molecule has 1 amide bonds. The first-order valence-electron chi connectivity index (χ1n) is 11.2. The number of nitrogens with zero attached hydrogens (tertiary/aromatic N) is 1. The Hall–Kier alpha value is -2.58. The maximum Gasteiger partial charge on any atom is 0.338 e. The Balaban J connectivity index is 1.44. The van der Waals surface area contributed by atoms with Crippen molar-refractivity contribution in [3.63, 3.8) is 0 Å². The summed E-state index contributed by atoms with van der Waals surface area (Å²) in [6.45, 7) is -0.117. The molecule has 2 aliphatic rings. The first-order valence-corrected chi connectivity index (χ1v) is 13.0. The van der Waals surface area contributed by atoms with E-state index in [0.29, 0.717) is 18.7 Å². The van der Waals surface area contributed by atoms with E-state index in [2.05, 4.69) is 5.32 Å². The maximum atomic E-state index is 13.3. The number of anilines is 1. The van der Waals surface area contributed by atoms with Gasteiger partial charge in [0.15, 0.2) is 6.61 Å². The van der Waals surface area contributed by atoms with Crippen LogP contribution in [0.2, 0.25) is 5.02 Å². The van der Waals surface area contributed by atoms with Crippen molar-refractivity contribution in [3.05, 3.63) is 58.6 Å². The average Bonchev–Trinajstić information content (AvgIpc) is 3.09. The van der Waals surface area contributed by atoms with Gasteiger partial charge in [-0.05, 0) is 49.1 Å². The molecule has 0 atom stereocenters. The number of hydrogen-bond acceptors (Lipinski definition) is 5. The third-order valence-electron chi connectivity index (χ3n) is 6.13. The third-order valence-corrected chi connectivity index (χ3v) is 8.43. The molecule has 0 saturated heterocycles. The van der Waals surface area contributed by atoms with Crippen molar-refractivity contribution >= 4 is 39.2 Å². The van der Waals surface area contributed by atoms with Crippen LogP contribution in [0.3, 0.4) is 0 Å². The molecule has 0 aromatic heterocycles. The van der Waals surface area contributed by atoms with E-state index in [1.165, 1.54) is 35.3 Å². The number of esters is 1. The number of amides is 1. The van der Waals surface area contributed by atoms with Crippen LogP contribution < -0.4 is 9.62 Å². The molecule has 0 radical (unpaired) electrons. The molecule has 1 heterocycles. The van der Waals surface area contributed by atoms with Gasteiger partial charge in [-0.3, -0.25) is 9.10 Å². The van der Waals surface area contributed by atoms with Crippen molar-refractivity contribution in [1.82, 2.24) is 5.32 Å².